The summed E-state index contributed by atoms with van der Waals surface area (Å²) < 4.78 is 17.6. The molecule has 10 nitrogen and oxygen atoms in total. The van der Waals surface area contributed by atoms with E-state index in [-0.39, 0.29) is 12.2 Å². The van der Waals surface area contributed by atoms with Gasteiger partial charge >= 0.3 is 11.9 Å². The van der Waals surface area contributed by atoms with Crippen molar-refractivity contribution in [2.45, 2.75) is 24.4 Å². The monoisotopic (exact) mass is 483 g/mol. The van der Waals surface area contributed by atoms with Gasteiger partial charge in [-0.25, -0.2) is 9.59 Å². The molecule has 11 heteroatoms. The molecule has 0 spiro atoms. The standard InChI is InChI=1S/C18H20ClNO3.C4H6O6/c1-21-16-11-14(19)7-8-15(16)23-18(13-5-3-2-4-6-13)17-12-20-9-10-22-17;5-1(3(7)8)2(6)4(9)10/h2-8,11,17-18,20H,9-10,12H2,1H3;1-2,5-6H,(H,7,8)(H,9,10)/t17-,18-;1-,2-/m01/s1. The van der Waals surface area contributed by atoms with Crippen molar-refractivity contribution in [3.63, 3.8) is 0 Å². The molecule has 180 valence electrons. The molecular formula is C22H26ClNO9. The van der Waals surface area contributed by atoms with Crippen molar-refractivity contribution in [3.8, 4) is 11.5 Å². The Kier molecular flexibility index (Phi) is 10.4. The number of benzene rings is 2. The molecule has 3 rings (SSSR count). The van der Waals surface area contributed by atoms with Crippen molar-refractivity contribution in [3.05, 3.63) is 59.1 Å². The highest BCUT2D eigenvalue weighted by Gasteiger charge is 2.30. The molecule has 1 saturated heterocycles. The molecule has 1 heterocycles. The third-order valence-corrected chi connectivity index (χ3v) is 4.84. The predicted octanol–water partition coefficient (Wildman–Crippen LogP) is 1.33. The Hall–Kier alpha value is -2.89. The van der Waals surface area contributed by atoms with E-state index in [9.17, 15) is 9.59 Å². The molecule has 1 fully saturated rings. The van der Waals surface area contributed by atoms with Gasteiger partial charge in [0.15, 0.2) is 29.8 Å². The number of morpholine rings is 1. The highest BCUT2D eigenvalue weighted by atomic mass is 35.5. The predicted molar refractivity (Wildman–Crippen MR) is 118 cm³/mol. The molecule has 1 aliphatic heterocycles. The summed E-state index contributed by atoms with van der Waals surface area (Å²) >= 11 is 6.03. The molecule has 0 unspecified atom stereocenters. The van der Waals surface area contributed by atoms with E-state index in [2.05, 4.69) is 5.32 Å². The number of carbonyl (C=O) groups is 2. The minimum absolute atomic E-state index is 0.0634. The van der Waals surface area contributed by atoms with E-state index in [4.69, 9.17) is 46.2 Å². The number of halogens is 1. The molecule has 0 amide bonds. The smallest absolute Gasteiger partial charge is 0.335 e. The Labute approximate surface area is 195 Å². The largest absolute Gasteiger partial charge is 0.493 e. The lowest BCUT2D eigenvalue weighted by molar-refractivity contribution is -0.165. The minimum Gasteiger partial charge on any atom is -0.493 e. The second-order valence-electron chi connectivity index (χ2n) is 6.92. The Bertz CT molecular complexity index is 888. The van der Waals surface area contributed by atoms with Crippen LogP contribution in [0.5, 0.6) is 11.5 Å². The number of aliphatic hydroxyl groups is 2. The summed E-state index contributed by atoms with van der Waals surface area (Å²) in [5.74, 6) is -2.27. The number of carboxylic acids is 2. The molecule has 1 aliphatic rings. The summed E-state index contributed by atoms with van der Waals surface area (Å²) in [6, 6.07) is 15.5. The molecule has 33 heavy (non-hydrogen) atoms. The van der Waals surface area contributed by atoms with E-state index in [0.717, 1.165) is 18.7 Å². The van der Waals surface area contributed by atoms with Crippen LogP contribution in [0, 0.1) is 0 Å². The van der Waals surface area contributed by atoms with Crippen LogP contribution >= 0.6 is 11.6 Å². The number of methoxy groups -OCH3 is 1. The Morgan fingerprint density at radius 3 is 2.21 bits per heavy atom. The van der Waals surface area contributed by atoms with E-state index in [1.165, 1.54) is 0 Å². The van der Waals surface area contributed by atoms with Crippen LogP contribution in [0.15, 0.2) is 48.5 Å². The lowest BCUT2D eigenvalue weighted by atomic mass is 10.0. The summed E-state index contributed by atoms with van der Waals surface area (Å²) in [7, 11) is 1.61. The first-order chi connectivity index (χ1) is 15.7. The van der Waals surface area contributed by atoms with Gasteiger partial charge < -0.3 is 40.0 Å². The maximum atomic E-state index is 9.77. The molecule has 2 aromatic carbocycles. The Morgan fingerprint density at radius 2 is 1.70 bits per heavy atom. The highest BCUT2D eigenvalue weighted by Crippen LogP contribution is 2.35. The molecule has 0 aliphatic carbocycles. The van der Waals surface area contributed by atoms with Gasteiger partial charge in [0.05, 0.1) is 13.7 Å². The number of ether oxygens (including phenoxy) is 3. The normalized spacial score (nSPS) is 18.1. The first-order valence-corrected chi connectivity index (χ1v) is 10.3. The van der Waals surface area contributed by atoms with E-state index < -0.39 is 24.1 Å². The quantitative estimate of drug-likeness (QED) is 0.371. The molecular weight excluding hydrogens is 458 g/mol. The van der Waals surface area contributed by atoms with Gasteiger partial charge in [0.25, 0.3) is 0 Å². The number of hydrogen-bond acceptors (Lipinski definition) is 8. The second kappa shape index (κ2) is 13.0. The van der Waals surface area contributed by atoms with Crippen LogP contribution in [0.25, 0.3) is 0 Å². The number of aliphatic carboxylic acids is 2. The van der Waals surface area contributed by atoms with Crippen LogP contribution in [0.1, 0.15) is 11.7 Å². The van der Waals surface area contributed by atoms with Gasteiger partial charge in [-0.1, -0.05) is 41.9 Å². The third-order valence-electron chi connectivity index (χ3n) is 4.61. The van der Waals surface area contributed by atoms with Crippen LogP contribution in [-0.2, 0) is 14.3 Å². The summed E-state index contributed by atoms with van der Waals surface area (Å²) in [5.41, 5.74) is 1.07. The Morgan fingerprint density at radius 1 is 1.06 bits per heavy atom. The van der Waals surface area contributed by atoms with Gasteiger partial charge in [-0.05, 0) is 17.7 Å². The van der Waals surface area contributed by atoms with Gasteiger partial charge in [0.2, 0.25) is 0 Å². The van der Waals surface area contributed by atoms with E-state index in [1.54, 1.807) is 19.2 Å². The van der Waals surface area contributed by atoms with Crippen molar-refractivity contribution >= 4 is 23.5 Å². The summed E-state index contributed by atoms with van der Waals surface area (Å²) in [4.78, 5) is 19.5. The van der Waals surface area contributed by atoms with Crippen LogP contribution in [0.4, 0.5) is 0 Å². The first-order valence-electron chi connectivity index (χ1n) is 9.93. The fourth-order valence-corrected chi connectivity index (χ4v) is 3.09. The van der Waals surface area contributed by atoms with E-state index >= 15 is 0 Å². The van der Waals surface area contributed by atoms with Gasteiger partial charge in [0, 0.05) is 24.2 Å². The van der Waals surface area contributed by atoms with Crippen molar-refractivity contribution < 1.29 is 44.2 Å². The lowest BCUT2D eigenvalue weighted by Crippen LogP contribution is -2.43. The van der Waals surface area contributed by atoms with Gasteiger partial charge in [-0.15, -0.1) is 0 Å². The highest BCUT2D eigenvalue weighted by molar-refractivity contribution is 6.30. The van der Waals surface area contributed by atoms with Crippen LogP contribution in [0.2, 0.25) is 5.02 Å². The van der Waals surface area contributed by atoms with Crippen LogP contribution in [-0.4, -0.2) is 77.5 Å². The first kappa shape index (κ1) is 26.4. The van der Waals surface area contributed by atoms with Crippen molar-refractivity contribution in [2.24, 2.45) is 0 Å². The fraction of sp³-hybridized carbons (Fsp3) is 0.364. The third kappa shape index (κ3) is 7.88. The maximum Gasteiger partial charge on any atom is 0.335 e. The molecule has 4 atom stereocenters. The van der Waals surface area contributed by atoms with E-state index in [0.29, 0.717) is 23.1 Å². The molecule has 2 aromatic rings. The minimum atomic E-state index is -2.27. The SMILES string of the molecule is COc1cc(Cl)ccc1O[C@@H](c1ccccc1)[C@@H]1CNCCO1.O=C(O)[C@H](O)[C@@H](O)C(=O)O. The fourth-order valence-electron chi connectivity index (χ4n) is 2.93. The average molecular weight is 484 g/mol. The summed E-state index contributed by atoms with van der Waals surface area (Å²) in [5, 5.41) is 36.5. The summed E-state index contributed by atoms with van der Waals surface area (Å²) in [6.07, 6.45) is -4.82. The van der Waals surface area contributed by atoms with Crippen LogP contribution < -0.4 is 14.8 Å². The lowest BCUT2D eigenvalue weighted by Gasteiger charge is -2.32. The van der Waals surface area contributed by atoms with Gasteiger partial charge in [-0.3, -0.25) is 0 Å². The molecule has 0 aromatic heterocycles. The topological polar surface area (TPSA) is 155 Å². The zero-order valence-corrected chi connectivity index (χ0v) is 18.5. The number of nitrogens with one attached hydrogen (secondary N) is 1. The molecule has 0 radical (unpaired) electrons. The van der Waals surface area contributed by atoms with Crippen molar-refractivity contribution in [1.82, 2.24) is 5.32 Å². The van der Waals surface area contributed by atoms with Gasteiger partial charge in [0.1, 0.15) is 6.10 Å². The number of carboxylic acid groups (broad SMARTS) is 2. The number of rotatable bonds is 8. The van der Waals surface area contributed by atoms with Crippen molar-refractivity contribution in [1.29, 1.82) is 0 Å². The van der Waals surface area contributed by atoms with E-state index in [1.807, 2.05) is 36.4 Å². The average Bonchev–Trinajstić information content (AvgIpc) is 2.83. The Balaban J connectivity index is 0.000000328. The van der Waals surface area contributed by atoms with Gasteiger partial charge in [-0.2, -0.15) is 0 Å². The number of aliphatic hydroxyl groups excluding tert-OH is 2. The molecule has 0 saturated carbocycles. The van der Waals surface area contributed by atoms with Crippen LogP contribution in [0.3, 0.4) is 0 Å². The molecule has 0 bridgehead atoms. The summed E-state index contributed by atoms with van der Waals surface area (Å²) in [6.45, 7) is 2.28. The van der Waals surface area contributed by atoms with Crippen molar-refractivity contribution in [2.75, 3.05) is 26.8 Å². The maximum absolute atomic E-state index is 9.77. The second-order valence-corrected chi connectivity index (χ2v) is 7.36. The molecule has 5 N–H and O–H groups in total. The zero-order chi connectivity index (χ0) is 24.4. The zero-order valence-electron chi connectivity index (χ0n) is 17.8. The number of hydrogen-bond donors (Lipinski definition) is 5.